The molecule has 2 aliphatic heterocycles. The van der Waals surface area contributed by atoms with Gasteiger partial charge in [-0.1, -0.05) is 5.21 Å². The number of nitrogens with two attached hydrogens (primary N) is 1. The number of halogens is 1. The minimum absolute atomic E-state index is 0.0407. The lowest BCUT2D eigenvalue weighted by Crippen LogP contribution is -2.39. The summed E-state index contributed by atoms with van der Waals surface area (Å²) < 4.78 is 39.3. The molecule has 0 bridgehead atoms. The highest BCUT2D eigenvalue weighted by molar-refractivity contribution is 8.07. The first-order valence-corrected chi connectivity index (χ1v) is 14.7. The van der Waals surface area contributed by atoms with E-state index in [1.165, 1.54) is 4.57 Å². The van der Waals surface area contributed by atoms with Crippen molar-refractivity contribution >= 4 is 46.8 Å². The topological polar surface area (TPSA) is 284 Å². The minimum atomic E-state index is -4.33. The molecule has 0 amide bonds. The lowest BCUT2D eigenvalue weighted by atomic mass is 10.1. The van der Waals surface area contributed by atoms with Crippen molar-refractivity contribution in [1.82, 2.24) is 44.5 Å². The van der Waals surface area contributed by atoms with Crippen LogP contribution in [0.5, 0.6) is 0 Å². The minimum Gasteiger partial charge on any atom is -0.387 e. The molecule has 2 saturated heterocycles. The molecule has 6 heterocycles. The highest BCUT2D eigenvalue weighted by Gasteiger charge is 2.78. The SMILES string of the molecule is Nc1nc2c(ncn2[C@@H]2O[C@@H]3C(O)[C@]3(O)[C@H]2OP(O)(=S)OC[C@H]2O[C@@H](n3nnc4c(=O)[nH]cnc43)[C@@H](F)[C@@H]2O)c(=O)[nH]1. The summed E-state index contributed by atoms with van der Waals surface area (Å²) in [6.45, 7) is -5.02. The highest BCUT2D eigenvalue weighted by atomic mass is 32.5. The molecule has 8 N–H and O–H groups in total. The van der Waals surface area contributed by atoms with E-state index in [0.717, 1.165) is 17.3 Å². The molecule has 1 saturated carbocycles. The summed E-state index contributed by atoms with van der Waals surface area (Å²) >= 11 is 5.10. The lowest BCUT2D eigenvalue weighted by Gasteiger charge is -2.30. The summed E-state index contributed by atoms with van der Waals surface area (Å²) in [4.78, 5) is 51.5. The van der Waals surface area contributed by atoms with Crippen LogP contribution in [0.15, 0.2) is 22.2 Å². The molecule has 224 valence electrons. The molecule has 0 aromatic carbocycles. The maximum Gasteiger partial charge on any atom is 0.325 e. The first kappa shape index (κ1) is 27.5. The van der Waals surface area contributed by atoms with Gasteiger partial charge in [0.15, 0.2) is 46.6 Å². The number of aromatic amines is 2. The number of aromatic nitrogens is 9. The highest BCUT2D eigenvalue weighted by Crippen LogP contribution is 2.60. The molecular weight excluding hydrogens is 610 g/mol. The standard InChI is InChI=1S/C19H20FN10O10PS/c20-5-8(31)4(38-16(5)30-12-7(27-28-30)14(33)23-2-22-12)1-37-41(36,42)40-11-17(39-10-9(32)19(10,11)35)29-3-24-6-13(29)25-18(21)26-15(6)34/h2-5,8-11,16-17,31-32,35H,1H2,(H,36,42)(H,22,23,33)(H3,21,25,26,34)/t4-,5+,8-,9?,10-,11+,16-,17-,19-,41?/m1/s1. The normalized spacial score (nSPS) is 35.5. The average Bonchev–Trinajstić information content (AvgIpc) is 3.47. The summed E-state index contributed by atoms with van der Waals surface area (Å²) in [6.07, 6.45) is -10.0. The van der Waals surface area contributed by atoms with E-state index in [1.54, 1.807) is 0 Å². The second-order valence-electron chi connectivity index (χ2n) is 9.78. The molecule has 0 spiro atoms. The van der Waals surface area contributed by atoms with E-state index in [9.17, 15) is 29.8 Å². The fourth-order valence-electron chi connectivity index (χ4n) is 5.11. The molecule has 42 heavy (non-hydrogen) atoms. The number of aliphatic hydroxyl groups is 3. The predicted molar refractivity (Wildman–Crippen MR) is 136 cm³/mol. The molecule has 0 radical (unpaired) electrons. The van der Waals surface area contributed by atoms with Crippen LogP contribution in [0, 0.1) is 0 Å². The van der Waals surface area contributed by atoms with Crippen molar-refractivity contribution < 1.29 is 43.1 Å². The van der Waals surface area contributed by atoms with Gasteiger partial charge in [-0.3, -0.25) is 23.7 Å². The maximum absolute atomic E-state index is 15.0. The lowest BCUT2D eigenvalue weighted by molar-refractivity contribution is -0.0916. The van der Waals surface area contributed by atoms with Crippen LogP contribution in [0.1, 0.15) is 12.5 Å². The average molecular weight is 630 g/mol. The van der Waals surface area contributed by atoms with Gasteiger partial charge in [0, 0.05) is 0 Å². The largest absolute Gasteiger partial charge is 0.387 e. The van der Waals surface area contributed by atoms with Gasteiger partial charge in [-0.15, -0.1) is 5.10 Å². The van der Waals surface area contributed by atoms with Crippen LogP contribution < -0.4 is 16.9 Å². The van der Waals surface area contributed by atoms with Crippen LogP contribution in [-0.2, 0) is 30.3 Å². The Bertz CT molecular complexity index is 1880. The van der Waals surface area contributed by atoms with Crippen molar-refractivity contribution in [3.8, 4) is 0 Å². The molecule has 4 aromatic rings. The molecule has 20 nitrogen and oxygen atoms in total. The summed E-state index contributed by atoms with van der Waals surface area (Å²) in [7, 11) is 0. The number of hydrogen-bond donors (Lipinski definition) is 7. The Balaban J connectivity index is 1.10. The zero-order chi connectivity index (χ0) is 29.7. The van der Waals surface area contributed by atoms with Gasteiger partial charge in [0.25, 0.3) is 11.1 Å². The van der Waals surface area contributed by atoms with Crippen LogP contribution in [0.4, 0.5) is 10.3 Å². The number of nitrogen functional groups attached to an aromatic ring is 1. The predicted octanol–water partition coefficient (Wildman–Crippen LogP) is -3.55. The van der Waals surface area contributed by atoms with Crippen molar-refractivity contribution in [3.63, 3.8) is 0 Å². The number of aliphatic hydroxyl groups excluding tert-OH is 2. The smallest absolute Gasteiger partial charge is 0.325 e. The Morgan fingerprint density at radius 3 is 2.76 bits per heavy atom. The van der Waals surface area contributed by atoms with Gasteiger partial charge in [0.1, 0.15) is 30.5 Å². The van der Waals surface area contributed by atoms with Crippen LogP contribution in [0.3, 0.4) is 0 Å². The van der Waals surface area contributed by atoms with Gasteiger partial charge in [0.2, 0.25) is 5.95 Å². The first-order chi connectivity index (χ1) is 19.9. The fraction of sp³-hybridized carbons (Fsp3) is 0.526. The third-order valence-electron chi connectivity index (χ3n) is 7.28. The second-order valence-corrected chi connectivity index (χ2v) is 12.6. The monoisotopic (exact) mass is 630 g/mol. The van der Waals surface area contributed by atoms with Crippen molar-refractivity contribution in [2.24, 2.45) is 0 Å². The number of ether oxygens (including phenoxy) is 2. The van der Waals surface area contributed by atoms with E-state index >= 15 is 4.39 Å². The van der Waals surface area contributed by atoms with E-state index in [2.05, 4.69) is 35.2 Å². The molecule has 2 unspecified atom stereocenters. The van der Waals surface area contributed by atoms with E-state index in [1.807, 2.05) is 0 Å². The number of hydrogen-bond acceptors (Lipinski definition) is 16. The van der Waals surface area contributed by atoms with Crippen LogP contribution in [0.25, 0.3) is 22.3 Å². The fourth-order valence-corrected chi connectivity index (χ4v) is 6.53. The summed E-state index contributed by atoms with van der Waals surface area (Å²) in [5, 5.41) is 39.0. The van der Waals surface area contributed by atoms with Crippen molar-refractivity contribution in [2.75, 3.05) is 12.3 Å². The summed E-state index contributed by atoms with van der Waals surface area (Å²) in [5.41, 5.74) is 1.92. The van der Waals surface area contributed by atoms with E-state index < -0.39 is 79.2 Å². The van der Waals surface area contributed by atoms with E-state index in [-0.39, 0.29) is 28.3 Å². The second kappa shape index (κ2) is 9.34. The zero-order valence-corrected chi connectivity index (χ0v) is 22.4. The third kappa shape index (κ3) is 4.03. The van der Waals surface area contributed by atoms with Gasteiger partial charge in [-0.25, -0.2) is 14.4 Å². The van der Waals surface area contributed by atoms with Gasteiger partial charge in [0.05, 0.1) is 19.3 Å². The van der Waals surface area contributed by atoms with Gasteiger partial charge >= 0.3 is 6.72 Å². The quantitative estimate of drug-likeness (QED) is 0.0973. The molecule has 1 aliphatic carbocycles. The Labute approximate surface area is 235 Å². The van der Waals surface area contributed by atoms with Crippen LogP contribution in [0.2, 0.25) is 0 Å². The molecular formula is C19H20FN10O10PS. The number of anilines is 1. The molecule has 3 fully saturated rings. The van der Waals surface area contributed by atoms with E-state index in [4.69, 9.17) is 36.1 Å². The number of rotatable bonds is 7. The number of alkyl halides is 1. The maximum atomic E-state index is 15.0. The van der Waals surface area contributed by atoms with Crippen molar-refractivity contribution in [2.45, 2.75) is 54.7 Å². The Morgan fingerprint density at radius 2 is 1.98 bits per heavy atom. The number of nitrogens with one attached hydrogen (secondary N) is 2. The molecule has 4 aromatic heterocycles. The van der Waals surface area contributed by atoms with Gasteiger partial charge in [-0.2, -0.15) is 9.67 Å². The van der Waals surface area contributed by atoms with Crippen molar-refractivity contribution in [1.29, 1.82) is 0 Å². The Morgan fingerprint density at radius 1 is 1.19 bits per heavy atom. The van der Waals surface area contributed by atoms with Crippen LogP contribution >= 0.6 is 6.72 Å². The Hall–Kier alpha value is -3.31. The zero-order valence-electron chi connectivity index (χ0n) is 20.7. The molecule has 7 rings (SSSR count). The van der Waals surface area contributed by atoms with Gasteiger partial charge in [-0.05, 0) is 11.8 Å². The molecule has 10 atom stereocenters. The summed E-state index contributed by atoms with van der Waals surface area (Å²) in [5.74, 6) is -0.231. The first-order valence-electron chi connectivity index (χ1n) is 12.1. The number of fused-ring (bicyclic) bond motifs is 3. The number of nitrogens with zero attached hydrogens (tertiary/aromatic N) is 7. The van der Waals surface area contributed by atoms with Gasteiger partial charge < -0.3 is 44.9 Å². The summed E-state index contributed by atoms with van der Waals surface area (Å²) in [6, 6.07) is 0. The number of H-pyrrole nitrogens is 2. The molecule has 23 heteroatoms. The molecule has 3 aliphatic rings. The van der Waals surface area contributed by atoms with E-state index in [0.29, 0.717) is 0 Å². The van der Waals surface area contributed by atoms with Crippen molar-refractivity contribution in [3.05, 3.63) is 33.4 Å². The van der Waals surface area contributed by atoms with Crippen LogP contribution in [-0.4, -0.2) is 114 Å². The Kier molecular flexibility index (Phi) is 6.12. The third-order valence-corrected chi connectivity index (χ3v) is 8.83. The number of imidazole rings is 1.